The van der Waals surface area contributed by atoms with E-state index >= 15 is 0 Å². The van der Waals surface area contributed by atoms with Crippen molar-refractivity contribution in [1.29, 1.82) is 0 Å². The van der Waals surface area contributed by atoms with Gasteiger partial charge in [0.25, 0.3) is 0 Å². The highest BCUT2D eigenvalue weighted by Crippen LogP contribution is 2.29. The molecule has 0 radical (unpaired) electrons. The van der Waals surface area contributed by atoms with Crippen LogP contribution in [0.3, 0.4) is 0 Å². The van der Waals surface area contributed by atoms with Crippen LogP contribution in [0.1, 0.15) is 0 Å². The summed E-state index contributed by atoms with van der Waals surface area (Å²) in [6.07, 6.45) is 5.29. The van der Waals surface area contributed by atoms with Crippen molar-refractivity contribution in [3.8, 4) is 0 Å². The van der Waals surface area contributed by atoms with Gasteiger partial charge in [-0.2, -0.15) is 0 Å². The lowest BCUT2D eigenvalue weighted by molar-refractivity contribution is -0.116. The SMILES string of the molecule is NN(c1ccc(S(=O)O)cc1)C1(S(=O)O)C=CC=CC1=O. The molecule has 1 aliphatic carbocycles. The van der Waals surface area contributed by atoms with Gasteiger partial charge in [-0.1, -0.05) is 12.2 Å². The van der Waals surface area contributed by atoms with E-state index in [1.54, 1.807) is 0 Å². The number of carbonyl (C=O) groups excluding carboxylic acids is 1. The first-order valence-corrected chi connectivity index (χ1v) is 7.88. The molecular weight excluding hydrogens is 316 g/mol. The van der Waals surface area contributed by atoms with Crippen LogP contribution in [0.4, 0.5) is 5.69 Å². The van der Waals surface area contributed by atoms with Crippen LogP contribution in [-0.4, -0.2) is 28.2 Å². The Hall–Kier alpha value is -1.65. The third kappa shape index (κ3) is 2.74. The maximum atomic E-state index is 12.0. The Kier molecular flexibility index (Phi) is 4.49. The van der Waals surface area contributed by atoms with Gasteiger partial charge in [-0.15, -0.1) is 0 Å². The van der Waals surface area contributed by atoms with E-state index < -0.39 is 32.8 Å². The van der Waals surface area contributed by atoms with Crippen molar-refractivity contribution in [2.24, 2.45) is 5.84 Å². The standard InChI is InChI=1S/C12H12N2O5S2/c13-14(9-4-6-10(7-5-9)20(16)17)12(21(18)19)8-2-1-3-11(12)15/h1-8H,13H2,(H,16,17)(H,18,19). The van der Waals surface area contributed by atoms with E-state index in [4.69, 9.17) is 10.4 Å². The molecule has 7 nitrogen and oxygen atoms in total. The van der Waals surface area contributed by atoms with Crippen molar-refractivity contribution in [2.75, 3.05) is 5.01 Å². The molecule has 0 saturated carbocycles. The van der Waals surface area contributed by atoms with Gasteiger partial charge in [-0.05, 0) is 36.4 Å². The third-order valence-electron chi connectivity index (χ3n) is 2.97. The number of ketones is 1. The van der Waals surface area contributed by atoms with Crippen molar-refractivity contribution in [2.45, 2.75) is 9.77 Å². The summed E-state index contributed by atoms with van der Waals surface area (Å²) in [5, 5.41) is 0.871. The molecule has 0 heterocycles. The Morgan fingerprint density at radius 1 is 1.10 bits per heavy atom. The topological polar surface area (TPSA) is 121 Å². The normalized spacial score (nSPS) is 23.9. The van der Waals surface area contributed by atoms with Crippen molar-refractivity contribution >= 4 is 33.6 Å². The first-order valence-electron chi connectivity index (χ1n) is 5.66. The minimum absolute atomic E-state index is 0.150. The fourth-order valence-electron chi connectivity index (χ4n) is 1.87. The average molecular weight is 328 g/mol. The Morgan fingerprint density at radius 3 is 2.19 bits per heavy atom. The largest absolute Gasteiger partial charge is 0.304 e. The molecule has 4 N–H and O–H groups in total. The van der Waals surface area contributed by atoms with Crippen LogP contribution in [0.25, 0.3) is 0 Å². The van der Waals surface area contributed by atoms with Gasteiger partial charge in [0, 0.05) is 0 Å². The maximum Gasteiger partial charge on any atom is 0.236 e. The van der Waals surface area contributed by atoms with Crippen LogP contribution in [-0.2, 0) is 27.0 Å². The van der Waals surface area contributed by atoms with Gasteiger partial charge in [-0.3, -0.25) is 9.80 Å². The second kappa shape index (κ2) is 6.00. The fraction of sp³-hybridized carbons (Fsp3) is 0.0833. The number of rotatable bonds is 4. The molecule has 0 fully saturated rings. The molecular formula is C12H12N2O5S2. The fourth-order valence-corrected chi connectivity index (χ4v) is 2.95. The van der Waals surface area contributed by atoms with Gasteiger partial charge >= 0.3 is 0 Å². The van der Waals surface area contributed by atoms with Crippen LogP contribution in [0.5, 0.6) is 0 Å². The number of nitrogens with two attached hydrogens (primary N) is 1. The van der Waals surface area contributed by atoms with E-state index in [9.17, 15) is 17.8 Å². The van der Waals surface area contributed by atoms with Gasteiger partial charge in [0.1, 0.15) is 0 Å². The number of allylic oxidation sites excluding steroid dienone is 2. The smallest absolute Gasteiger partial charge is 0.236 e. The summed E-state index contributed by atoms with van der Waals surface area (Å²) in [4.78, 5) is 10.3. The quantitative estimate of drug-likeness (QED) is 0.419. The van der Waals surface area contributed by atoms with Crippen molar-refractivity contribution in [1.82, 2.24) is 0 Å². The van der Waals surface area contributed by atoms with E-state index in [1.165, 1.54) is 42.5 Å². The summed E-state index contributed by atoms with van der Waals surface area (Å²) in [5.74, 6) is 5.22. The molecule has 3 atom stereocenters. The molecule has 1 aromatic carbocycles. The molecule has 1 aromatic rings. The molecule has 0 saturated heterocycles. The highest BCUT2D eigenvalue weighted by Gasteiger charge is 2.46. The highest BCUT2D eigenvalue weighted by atomic mass is 32.2. The molecule has 0 bridgehead atoms. The summed E-state index contributed by atoms with van der Waals surface area (Å²) < 4.78 is 41.1. The summed E-state index contributed by atoms with van der Waals surface area (Å²) >= 11 is -4.72. The van der Waals surface area contributed by atoms with Gasteiger partial charge in [0.05, 0.1) is 10.6 Å². The van der Waals surface area contributed by atoms with Gasteiger partial charge in [0.2, 0.25) is 10.7 Å². The summed E-state index contributed by atoms with van der Waals surface area (Å²) in [6.45, 7) is 0. The minimum Gasteiger partial charge on any atom is -0.304 e. The maximum absolute atomic E-state index is 12.0. The number of hydrogen-bond acceptors (Lipinski definition) is 5. The monoisotopic (exact) mass is 328 g/mol. The van der Waals surface area contributed by atoms with Crippen LogP contribution in [0.15, 0.2) is 53.5 Å². The zero-order chi connectivity index (χ0) is 15.6. The van der Waals surface area contributed by atoms with Gasteiger partial charge in [0.15, 0.2) is 22.2 Å². The molecule has 0 spiro atoms. The van der Waals surface area contributed by atoms with Crippen molar-refractivity contribution in [3.05, 3.63) is 48.6 Å². The summed E-state index contributed by atoms with van der Waals surface area (Å²) in [7, 11) is 0. The van der Waals surface area contributed by atoms with Gasteiger partial charge in [-0.25, -0.2) is 14.3 Å². The Morgan fingerprint density at radius 2 is 1.71 bits per heavy atom. The third-order valence-corrected chi connectivity index (χ3v) is 4.72. The Balaban J connectivity index is 2.44. The van der Waals surface area contributed by atoms with Crippen molar-refractivity contribution in [3.63, 3.8) is 0 Å². The first kappa shape index (κ1) is 15.7. The molecule has 21 heavy (non-hydrogen) atoms. The predicted molar refractivity (Wildman–Crippen MR) is 78.9 cm³/mol. The first-order chi connectivity index (χ1) is 9.89. The van der Waals surface area contributed by atoms with Gasteiger partial charge < -0.3 is 9.11 Å². The number of anilines is 1. The number of hydrogen-bond donors (Lipinski definition) is 3. The highest BCUT2D eigenvalue weighted by molar-refractivity contribution is 7.82. The van der Waals surface area contributed by atoms with E-state index in [0.717, 1.165) is 11.1 Å². The molecule has 1 aliphatic rings. The molecule has 9 heteroatoms. The summed E-state index contributed by atoms with van der Waals surface area (Å²) in [6, 6.07) is 5.45. The zero-order valence-electron chi connectivity index (χ0n) is 10.6. The molecule has 2 rings (SSSR count). The number of nitrogens with zero attached hydrogens (tertiary/aromatic N) is 1. The van der Waals surface area contributed by atoms with Crippen LogP contribution < -0.4 is 10.9 Å². The predicted octanol–water partition coefficient (Wildman–Crippen LogP) is 0.560. The molecule has 0 aliphatic heterocycles. The lowest BCUT2D eigenvalue weighted by atomic mass is 10.1. The van der Waals surface area contributed by atoms with Crippen LogP contribution in [0.2, 0.25) is 0 Å². The van der Waals surface area contributed by atoms with E-state index in [-0.39, 0.29) is 10.6 Å². The lowest BCUT2D eigenvalue weighted by Gasteiger charge is -2.36. The number of carbonyl (C=O) groups is 1. The molecule has 0 amide bonds. The lowest BCUT2D eigenvalue weighted by Crippen LogP contribution is -2.60. The Labute approximate surface area is 125 Å². The molecule has 0 aromatic heterocycles. The van der Waals surface area contributed by atoms with Crippen molar-refractivity contribution < 1.29 is 22.3 Å². The second-order valence-electron chi connectivity index (χ2n) is 4.14. The number of hydrazine groups is 1. The van der Waals surface area contributed by atoms with Crippen LogP contribution >= 0.6 is 0 Å². The molecule has 112 valence electrons. The number of benzene rings is 1. The second-order valence-corrected chi connectivity index (χ2v) is 6.23. The zero-order valence-corrected chi connectivity index (χ0v) is 12.2. The Bertz CT molecular complexity index is 671. The minimum atomic E-state index is -2.58. The van der Waals surface area contributed by atoms with Crippen LogP contribution in [0, 0.1) is 0 Å². The van der Waals surface area contributed by atoms with E-state index in [1.807, 2.05) is 0 Å². The molecule has 3 unspecified atom stereocenters. The van der Waals surface area contributed by atoms with E-state index in [2.05, 4.69) is 0 Å². The van der Waals surface area contributed by atoms with E-state index in [0.29, 0.717) is 0 Å². The summed E-state index contributed by atoms with van der Waals surface area (Å²) in [5.41, 5.74) is 0.250. The average Bonchev–Trinajstić information content (AvgIpc) is 2.47.